The molecule has 3 aromatic rings. The molecule has 0 spiro atoms. The fourth-order valence-electron chi connectivity index (χ4n) is 2.47. The summed E-state index contributed by atoms with van der Waals surface area (Å²) in [6.07, 6.45) is 1.62. The standard InChI is InChI=1S/C17H18N2O3/c1-12-2-4-13(5-3-12)11-19-14-6-9-22-16(14)10-15(19)17(21)18-7-8-20/h2-6,9-10,20H,7-8,11H2,1H3,(H,18,21). The summed E-state index contributed by atoms with van der Waals surface area (Å²) in [6, 6.07) is 11.8. The molecule has 3 rings (SSSR count). The van der Waals surface area contributed by atoms with E-state index in [1.54, 1.807) is 12.3 Å². The molecule has 0 saturated heterocycles. The van der Waals surface area contributed by atoms with E-state index in [1.165, 1.54) is 5.56 Å². The number of rotatable bonds is 5. The Morgan fingerprint density at radius 2 is 2.05 bits per heavy atom. The maximum atomic E-state index is 12.3. The Hall–Kier alpha value is -2.53. The highest BCUT2D eigenvalue weighted by Crippen LogP contribution is 2.22. The quantitative estimate of drug-likeness (QED) is 0.759. The number of nitrogens with one attached hydrogen (secondary N) is 1. The van der Waals surface area contributed by atoms with E-state index in [2.05, 4.69) is 29.6 Å². The van der Waals surface area contributed by atoms with Crippen LogP contribution in [0.4, 0.5) is 0 Å². The molecule has 0 atom stereocenters. The van der Waals surface area contributed by atoms with Gasteiger partial charge in [0.1, 0.15) is 5.69 Å². The van der Waals surface area contributed by atoms with E-state index in [-0.39, 0.29) is 19.1 Å². The Kier molecular flexibility index (Phi) is 3.98. The summed E-state index contributed by atoms with van der Waals surface area (Å²) >= 11 is 0. The molecule has 0 bridgehead atoms. The molecule has 114 valence electrons. The van der Waals surface area contributed by atoms with Crippen LogP contribution in [0, 0.1) is 6.92 Å². The molecule has 2 heterocycles. The highest BCUT2D eigenvalue weighted by Gasteiger charge is 2.17. The third-order valence-electron chi connectivity index (χ3n) is 3.61. The van der Waals surface area contributed by atoms with Crippen molar-refractivity contribution < 1.29 is 14.3 Å². The van der Waals surface area contributed by atoms with Crippen LogP contribution in [0.2, 0.25) is 0 Å². The minimum Gasteiger partial charge on any atom is -0.463 e. The van der Waals surface area contributed by atoms with Crippen LogP contribution in [0.3, 0.4) is 0 Å². The van der Waals surface area contributed by atoms with Crippen molar-refractivity contribution in [3.05, 3.63) is 59.5 Å². The Balaban J connectivity index is 1.96. The third-order valence-corrected chi connectivity index (χ3v) is 3.61. The molecule has 0 unspecified atom stereocenters. The number of aryl methyl sites for hydroxylation is 1. The molecule has 0 saturated carbocycles. The van der Waals surface area contributed by atoms with Crippen molar-refractivity contribution in [2.24, 2.45) is 0 Å². The van der Waals surface area contributed by atoms with Crippen molar-refractivity contribution >= 4 is 17.0 Å². The normalized spacial score (nSPS) is 11.0. The van der Waals surface area contributed by atoms with Gasteiger partial charge in [0.15, 0.2) is 5.58 Å². The second kappa shape index (κ2) is 6.07. The van der Waals surface area contributed by atoms with Crippen LogP contribution in [0.25, 0.3) is 11.1 Å². The monoisotopic (exact) mass is 298 g/mol. The van der Waals surface area contributed by atoms with Crippen molar-refractivity contribution in [3.63, 3.8) is 0 Å². The molecule has 0 aliphatic rings. The number of carbonyl (C=O) groups excluding carboxylic acids is 1. The first-order chi connectivity index (χ1) is 10.7. The van der Waals surface area contributed by atoms with Gasteiger partial charge in [0, 0.05) is 25.2 Å². The van der Waals surface area contributed by atoms with Gasteiger partial charge in [0.2, 0.25) is 0 Å². The van der Waals surface area contributed by atoms with Gasteiger partial charge in [0.25, 0.3) is 5.91 Å². The zero-order chi connectivity index (χ0) is 15.5. The minimum absolute atomic E-state index is 0.0828. The predicted molar refractivity (Wildman–Crippen MR) is 83.9 cm³/mol. The number of aliphatic hydroxyl groups excluding tert-OH is 1. The van der Waals surface area contributed by atoms with E-state index in [0.717, 1.165) is 11.1 Å². The molecule has 0 aliphatic carbocycles. The van der Waals surface area contributed by atoms with Gasteiger partial charge in [-0.25, -0.2) is 0 Å². The number of fused-ring (bicyclic) bond motifs is 1. The molecule has 0 radical (unpaired) electrons. The summed E-state index contributed by atoms with van der Waals surface area (Å²) in [5.74, 6) is -0.215. The van der Waals surface area contributed by atoms with E-state index in [0.29, 0.717) is 17.8 Å². The van der Waals surface area contributed by atoms with Crippen LogP contribution < -0.4 is 5.32 Å². The Morgan fingerprint density at radius 3 is 2.77 bits per heavy atom. The molecule has 0 aliphatic heterocycles. The summed E-state index contributed by atoms with van der Waals surface area (Å²) in [6.45, 7) is 2.78. The van der Waals surface area contributed by atoms with Crippen molar-refractivity contribution in [3.8, 4) is 0 Å². The first-order valence-corrected chi connectivity index (χ1v) is 7.20. The fourth-order valence-corrected chi connectivity index (χ4v) is 2.47. The van der Waals surface area contributed by atoms with Crippen LogP contribution in [0.1, 0.15) is 21.6 Å². The van der Waals surface area contributed by atoms with E-state index < -0.39 is 0 Å². The van der Waals surface area contributed by atoms with Crippen LogP contribution in [-0.2, 0) is 6.54 Å². The molecule has 2 N–H and O–H groups in total. The van der Waals surface area contributed by atoms with Crippen LogP contribution in [-0.4, -0.2) is 28.7 Å². The zero-order valence-corrected chi connectivity index (χ0v) is 12.4. The van der Waals surface area contributed by atoms with Crippen molar-refractivity contribution in [1.82, 2.24) is 9.88 Å². The molecular weight excluding hydrogens is 280 g/mol. The largest absolute Gasteiger partial charge is 0.463 e. The SMILES string of the molecule is Cc1ccc(Cn2c(C(=O)NCCO)cc3occc32)cc1. The second-order valence-corrected chi connectivity index (χ2v) is 5.25. The average Bonchev–Trinajstić information content (AvgIpc) is 3.09. The molecule has 1 amide bonds. The van der Waals surface area contributed by atoms with Crippen molar-refractivity contribution in [1.29, 1.82) is 0 Å². The lowest BCUT2D eigenvalue weighted by Gasteiger charge is -2.10. The van der Waals surface area contributed by atoms with Gasteiger partial charge in [-0.2, -0.15) is 0 Å². The highest BCUT2D eigenvalue weighted by atomic mass is 16.3. The lowest BCUT2D eigenvalue weighted by atomic mass is 10.1. The molecular formula is C17H18N2O3. The average molecular weight is 298 g/mol. The number of nitrogens with zero attached hydrogens (tertiary/aromatic N) is 1. The van der Waals surface area contributed by atoms with Gasteiger partial charge in [0.05, 0.1) is 18.4 Å². The predicted octanol–water partition coefficient (Wildman–Crippen LogP) is 2.31. The summed E-state index contributed by atoms with van der Waals surface area (Å²) in [7, 11) is 0. The number of aromatic nitrogens is 1. The first-order valence-electron chi connectivity index (χ1n) is 7.20. The maximum Gasteiger partial charge on any atom is 0.268 e. The Morgan fingerprint density at radius 1 is 1.27 bits per heavy atom. The number of amides is 1. The number of aliphatic hydroxyl groups is 1. The summed E-state index contributed by atoms with van der Waals surface area (Å²) < 4.78 is 7.33. The lowest BCUT2D eigenvalue weighted by molar-refractivity contribution is 0.0936. The van der Waals surface area contributed by atoms with E-state index in [1.807, 2.05) is 17.6 Å². The Labute approximate surface area is 128 Å². The summed E-state index contributed by atoms with van der Waals surface area (Å²) in [4.78, 5) is 12.3. The van der Waals surface area contributed by atoms with E-state index >= 15 is 0 Å². The van der Waals surface area contributed by atoms with Gasteiger partial charge in [-0.15, -0.1) is 0 Å². The van der Waals surface area contributed by atoms with Gasteiger partial charge < -0.3 is 19.4 Å². The number of benzene rings is 1. The van der Waals surface area contributed by atoms with Crippen molar-refractivity contribution in [2.75, 3.05) is 13.2 Å². The highest BCUT2D eigenvalue weighted by molar-refractivity contribution is 5.97. The number of hydrogen-bond donors (Lipinski definition) is 2. The van der Waals surface area contributed by atoms with Crippen molar-refractivity contribution in [2.45, 2.75) is 13.5 Å². The van der Waals surface area contributed by atoms with E-state index in [4.69, 9.17) is 9.52 Å². The third kappa shape index (κ3) is 2.76. The number of carbonyl (C=O) groups is 1. The molecule has 22 heavy (non-hydrogen) atoms. The second-order valence-electron chi connectivity index (χ2n) is 5.25. The topological polar surface area (TPSA) is 67.4 Å². The molecule has 1 aromatic carbocycles. The lowest BCUT2D eigenvalue weighted by Crippen LogP contribution is -2.28. The molecule has 2 aromatic heterocycles. The maximum absolute atomic E-state index is 12.3. The van der Waals surface area contributed by atoms with Gasteiger partial charge in [-0.05, 0) is 12.5 Å². The zero-order valence-electron chi connectivity index (χ0n) is 12.4. The van der Waals surface area contributed by atoms with E-state index in [9.17, 15) is 4.79 Å². The number of hydrogen-bond acceptors (Lipinski definition) is 3. The van der Waals surface area contributed by atoms with Gasteiger partial charge in [-0.3, -0.25) is 4.79 Å². The van der Waals surface area contributed by atoms with Crippen LogP contribution in [0.5, 0.6) is 0 Å². The summed E-state index contributed by atoms with van der Waals surface area (Å²) in [5.41, 5.74) is 4.41. The van der Waals surface area contributed by atoms with Crippen LogP contribution >= 0.6 is 0 Å². The minimum atomic E-state index is -0.215. The molecule has 5 nitrogen and oxygen atoms in total. The van der Waals surface area contributed by atoms with Gasteiger partial charge in [-0.1, -0.05) is 29.8 Å². The van der Waals surface area contributed by atoms with Gasteiger partial charge >= 0.3 is 0 Å². The Bertz CT molecular complexity index is 784. The summed E-state index contributed by atoms with van der Waals surface area (Å²) in [5, 5.41) is 11.5. The van der Waals surface area contributed by atoms with Crippen LogP contribution in [0.15, 0.2) is 47.1 Å². The molecule has 0 fully saturated rings. The molecule has 5 heteroatoms. The smallest absolute Gasteiger partial charge is 0.268 e. The fraction of sp³-hybridized carbons (Fsp3) is 0.235. The number of furan rings is 1. The first kappa shape index (κ1) is 14.4.